The van der Waals surface area contributed by atoms with Gasteiger partial charge in [0, 0.05) is 24.5 Å². The molecule has 3 heterocycles. The van der Waals surface area contributed by atoms with E-state index in [2.05, 4.69) is 26.9 Å². The molecule has 5 heteroatoms. The maximum atomic E-state index is 4.36. The Morgan fingerprint density at radius 1 is 1.50 bits per heavy atom. The number of hydrogen-bond acceptors (Lipinski definition) is 3. The highest BCUT2D eigenvalue weighted by Crippen LogP contribution is 2.17. The maximum absolute atomic E-state index is 4.36. The van der Waals surface area contributed by atoms with Gasteiger partial charge in [0.2, 0.25) is 0 Å². The summed E-state index contributed by atoms with van der Waals surface area (Å²) in [5.74, 6) is 0. The molecule has 1 N–H and O–H groups in total. The van der Waals surface area contributed by atoms with E-state index in [1.807, 2.05) is 12.1 Å². The molecule has 3 aromatic rings. The summed E-state index contributed by atoms with van der Waals surface area (Å²) in [6.45, 7) is 3.46. The van der Waals surface area contributed by atoms with Gasteiger partial charge in [0.15, 0.2) is 5.65 Å². The molecule has 3 rings (SSSR count). The van der Waals surface area contributed by atoms with Gasteiger partial charge in [0.1, 0.15) is 11.0 Å². The van der Waals surface area contributed by atoms with Crippen LogP contribution in [0.5, 0.6) is 0 Å². The number of fused-ring (bicyclic) bond motifs is 2. The van der Waals surface area contributed by atoms with Crippen LogP contribution in [-0.2, 0) is 0 Å². The fourth-order valence-corrected chi connectivity index (χ4v) is 1.52. The first-order valence-electron chi connectivity index (χ1n) is 4.17. The third-order valence-electron chi connectivity index (χ3n) is 2.18. The minimum atomic E-state index is 0.757. The monoisotopic (exact) mass is 185 g/mol. The predicted octanol–water partition coefficient (Wildman–Crippen LogP) is 1.38. The molecular formula is C9H7N5. The molecule has 68 valence electrons. The van der Waals surface area contributed by atoms with Gasteiger partial charge in [-0.3, -0.25) is 5.10 Å². The lowest BCUT2D eigenvalue weighted by molar-refractivity contribution is 0.777. The van der Waals surface area contributed by atoms with E-state index in [-0.39, 0.29) is 0 Å². The molecule has 3 aromatic heterocycles. The van der Waals surface area contributed by atoms with E-state index >= 15 is 0 Å². The van der Waals surface area contributed by atoms with Crippen LogP contribution in [0, 0.1) is 0 Å². The van der Waals surface area contributed by atoms with Gasteiger partial charge >= 0.3 is 0 Å². The van der Waals surface area contributed by atoms with E-state index in [1.165, 1.54) is 0 Å². The summed E-state index contributed by atoms with van der Waals surface area (Å²) < 4.78 is 0. The van der Waals surface area contributed by atoms with Crippen LogP contribution >= 0.6 is 0 Å². The largest absolute Gasteiger partial charge is 0.283 e. The van der Waals surface area contributed by atoms with Crippen LogP contribution in [0.3, 0.4) is 0 Å². The van der Waals surface area contributed by atoms with Crippen molar-refractivity contribution in [1.82, 2.24) is 19.9 Å². The van der Waals surface area contributed by atoms with Crippen LogP contribution in [0.25, 0.3) is 22.1 Å². The normalized spacial score (nSPS) is 11.1. The third kappa shape index (κ3) is 0.806. The topological polar surface area (TPSA) is 58.9 Å². The molecule has 0 fully saturated rings. The summed E-state index contributed by atoms with van der Waals surface area (Å²) in [5, 5.41) is 7.73. The van der Waals surface area contributed by atoms with Crippen LogP contribution in [0.2, 0.25) is 0 Å². The number of hydrogen-bond donors (Lipinski definition) is 1. The first kappa shape index (κ1) is 7.25. The zero-order chi connectivity index (χ0) is 9.54. The third-order valence-corrected chi connectivity index (χ3v) is 2.18. The van der Waals surface area contributed by atoms with Crippen molar-refractivity contribution < 1.29 is 0 Å². The zero-order valence-electron chi connectivity index (χ0n) is 7.31. The second-order valence-corrected chi connectivity index (χ2v) is 2.98. The lowest BCUT2D eigenvalue weighted by Gasteiger charge is -1.94. The van der Waals surface area contributed by atoms with Gasteiger partial charge in [-0.05, 0) is 12.1 Å². The van der Waals surface area contributed by atoms with Gasteiger partial charge in [0.05, 0.1) is 0 Å². The molecule has 0 aliphatic rings. The molecule has 0 spiro atoms. The summed E-state index contributed by atoms with van der Waals surface area (Å²) in [4.78, 5) is 10.1. The first-order chi connectivity index (χ1) is 6.88. The molecule has 0 aliphatic carbocycles. The molecule has 0 atom stereocenters. The van der Waals surface area contributed by atoms with Gasteiger partial charge < -0.3 is 0 Å². The molecule has 0 aliphatic heterocycles. The van der Waals surface area contributed by atoms with E-state index in [0.29, 0.717) is 0 Å². The number of pyridine rings is 1. The average Bonchev–Trinajstić information content (AvgIpc) is 2.78. The molecule has 0 radical (unpaired) electrons. The minimum absolute atomic E-state index is 0.757. The van der Waals surface area contributed by atoms with Crippen LogP contribution in [-0.4, -0.2) is 26.6 Å². The van der Waals surface area contributed by atoms with Crippen molar-refractivity contribution in [3.63, 3.8) is 0 Å². The second-order valence-electron chi connectivity index (χ2n) is 2.98. The summed E-state index contributed by atoms with van der Waals surface area (Å²) in [6.07, 6.45) is 3.52. The fraction of sp³-hybridized carbons (Fsp3) is 0. The SMILES string of the molecule is C=Nn1[nH]cc2nc3nccc3cc21. The Bertz CT molecular complexity index is 618. The van der Waals surface area contributed by atoms with Gasteiger partial charge in [-0.25, -0.2) is 9.97 Å². The van der Waals surface area contributed by atoms with E-state index in [9.17, 15) is 0 Å². The number of nitrogens with zero attached hydrogens (tertiary/aromatic N) is 4. The minimum Gasteiger partial charge on any atom is -0.283 e. The number of H-pyrrole nitrogens is 1. The highest BCUT2D eigenvalue weighted by molar-refractivity contribution is 5.89. The fourth-order valence-electron chi connectivity index (χ4n) is 1.52. The van der Waals surface area contributed by atoms with Crippen molar-refractivity contribution >= 4 is 28.8 Å². The summed E-state index contributed by atoms with van der Waals surface area (Å²) in [6, 6.07) is 3.90. The first-order valence-corrected chi connectivity index (χ1v) is 4.17. The van der Waals surface area contributed by atoms with E-state index in [0.717, 1.165) is 22.1 Å². The highest BCUT2D eigenvalue weighted by Gasteiger charge is 2.04. The number of aromatic nitrogens is 4. The van der Waals surface area contributed by atoms with E-state index in [1.54, 1.807) is 17.2 Å². The Morgan fingerprint density at radius 2 is 2.43 bits per heavy atom. The van der Waals surface area contributed by atoms with E-state index in [4.69, 9.17) is 0 Å². The average molecular weight is 185 g/mol. The van der Waals surface area contributed by atoms with Crippen LogP contribution in [0.15, 0.2) is 29.6 Å². The Kier molecular flexibility index (Phi) is 1.25. The van der Waals surface area contributed by atoms with E-state index < -0.39 is 0 Å². The van der Waals surface area contributed by atoms with Crippen molar-refractivity contribution in [2.24, 2.45) is 5.10 Å². The standard InChI is InChI=1S/C9H7N5/c1-10-14-8-4-6-2-3-11-9(6)13-7(8)5-12-14/h2-5,12H,1H2. The van der Waals surface area contributed by atoms with Crippen molar-refractivity contribution in [2.75, 3.05) is 0 Å². The molecule has 0 aromatic carbocycles. The lowest BCUT2D eigenvalue weighted by Crippen LogP contribution is -1.88. The Labute approximate surface area is 79.1 Å². The number of nitrogens with one attached hydrogen (secondary N) is 1. The Hall–Kier alpha value is -2.17. The Morgan fingerprint density at radius 3 is 3.29 bits per heavy atom. The van der Waals surface area contributed by atoms with Crippen LogP contribution < -0.4 is 0 Å². The lowest BCUT2D eigenvalue weighted by atomic mass is 10.3. The van der Waals surface area contributed by atoms with Crippen LogP contribution in [0.4, 0.5) is 0 Å². The molecule has 0 saturated carbocycles. The molecule has 5 nitrogen and oxygen atoms in total. The molecule has 14 heavy (non-hydrogen) atoms. The number of rotatable bonds is 1. The Balaban J connectivity index is 2.52. The van der Waals surface area contributed by atoms with Crippen LogP contribution in [0.1, 0.15) is 0 Å². The molecule has 0 unspecified atom stereocenters. The highest BCUT2D eigenvalue weighted by atomic mass is 15.5. The van der Waals surface area contributed by atoms with Crippen molar-refractivity contribution in [2.45, 2.75) is 0 Å². The van der Waals surface area contributed by atoms with Crippen molar-refractivity contribution in [3.8, 4) is 0 Å². The van der Waals surface area contributed by atoms with Gasteiger partial charge in [-0.1, -0.05) is 0 Å². The van der Waals surface area contributed by atoms with Gasteiger partial charge in [-0.15, -0.1) is 0 Å². The zero-order valence-corrected chi connectivity index (χ0v) is 7.31. The summed E-state index contributed by atoms with van der Waals surface area (Å²) >= 11 is 0. The van der Waals surface area contributed by atoms with Crippen molar-refractivity contribution in [3.05, 3.63) is 24.5 Å². The second kappa shape index (κ2) is 2.41. The predicted molar refractivity (Wildman–Crippen MR) is 54.3 cm³/mol. The summed E-state index contributed by atoms with van der Waals surface area (Å²) in [7, 11) is 0. The van der Waals surface area contributed by atoms with Crippen molar-refractivity contribution in [1.29, 1.82) is 0 Å². The van der Waals surface area contributed by atoms with Gasteiger partial charge in [-0.2, -0.15) is 9.89 Å². The molecule has 0 bridgehead atoms. The molecular weight excluding hydrogens is 178 g/mol. The molecule has 0 saturated heterocycles. The number of aromatic amines is 1. The maximum Gasteiger partial charge on any atom is 0.160 e. The smallest absolute Gasteiger partial charge is 0.160 e. The molecule has 0 amide bonds. The quantitative estimate of drug-likeness (QED) is 0.582. The van der Waals surface area contributed by atoms with Gasteiger partial charge in [0.25, 0.3) is 0 Å². The summed E-state index contributed by atoms with van der Waals surface area (Å²) in [5.41, 5.74) is 2.50.